The van der Waals surface area contributed by atoms with Crippen molar-refractivity contribution < 1.29 is 13.2 Å². The van der Waals surface area contributed by atoms with Crippen LogP contribution in [0, 0.1) is 0 Å². The highest BCUT2D eigenvalue weighted by Gasteiger charge is 2.33. The van der Waals surface area contributed by atoms with Gasteiger partial charge in [-0.15, -0.1) is 10.2 Å². The lowest BCUT2D eigenvalue weighted by molar-refractivity contribution is -0.141. The molecule has 0 unspecified atom stereocenters. The van der Waals surface area contributed by atoms with Crippen LogP contribution in [0.4, 0.5) is 19.1 Å². The van der Waals surface area contributed by atoms with Crippen molar-refractivity contribution in [2.45, 2.75) is 19.1 Å². The molecule has 22 heavy (non-hydrogen) atoms. The van der Waals surface area contributed by atoms with Crippen molar-refractivity contribution in [3.63, 3.8) is 0 Å². The molecule has 6 nitrogen and oxygen atoms in total. The Labute approximate surface area is 123 Å². The van der Waals surface area contributed by atoms with Crippen molar-refractivity contribution in [1.82, 2.24) is 24.6 Å². The average molecular weight is 308 g/mol. The number of nitrogens with one attached hydrogen (secondary N) is 1. The summed E-state index contributed by atoms with van der Waals surface area (Å²) in [6.45, 7) is 1.74. The van der Waals surface area contributed by atoms with Crippen LogP contribution in [0.25, 0.3) is 5.65 Å². The lowest BCUT2D eigenvalue weighted by atomic mass is 10.3. The molecule has 3 rings (SSSR count). The topological polar surface area (TPSA) is 68.0 Å². The third kappa shape index (κ3) is 2.69. The second-order valence-corrected chi connectivity index (χ2v) is 4.62. The molecule has 0 saturated heterocycles. The summed E-state index contributed by atoms with van der Waals surface area (Å²) in [5, 5.41) is 10.8. The minimum atomic E-state index is -4.51. The fourth-order valence-corrected chi connectivity index (χ4v) is 2.00. The van der Waals surface area contributed by atoms with Crippen LogP contribution in [0.5, 0.6) is 0 Å². The molecule has 9 heteroatoms. The molecule has 0 aliphatic rings. The monoisotopic (exact) mass is 308 g/mol. The summed E-state index contributed by atoms with van der Waals surface area (Å²) >= 11 is 0. The van der Waals surface area contributed by atoms with Crippen LogP contribution in [0.1, 0.15) is 24.5 Å². The van der Waals surface area contributed by atoms with E-state index in [1.54, 1.807) is 23.6 Å². The Kier molecular flexibility index (Phi) is 3.39. The maximum Gasteiger partial charge on any atom is 0.433 e. The third-order valence-electron chi connectivity index (χ3n) is 3.02. The van der Waals surface area contributed by atoms with E-state index in [0.717, 1.165) is 12.3 Å². The van der Waals surface area contributed by atoms with Gasteiger partial charge in [0.05, 0.1) is 6.04 Å². The number of aromatic nitrogens is 5. The zero-order chi connectivity index (χ0) is 15.7. The molecule has 3 aromatic heterocycles. The Morgan fingerprint density at radius 3 is 2.77 bits per heavy atom. The summed E-state index contributed by atoms with van der Waals surface area (Å²) in [5.74, 6) is 0.437. The quantitative estimate of drug-likeness (QED) is 0.806. The van der Waals surface area contributed by atoms with E-state index in [-0.39, 0.29) is 5.95 Å². The number of halogens is 3. The SMILES string of the molecule is C[C@@H](Nc1nccc(C(F)(F)F)n1)c1nnc2ccccn12. The van der Waals surface area contributed by atoms with Crippen molar-refractivity contribution in [3.05, 3.63) is 48.2 Å². The number of hydrogen-bond donors (Lipinski definition) is 1. The molecule has 114 valence electrons. The lowest BCUT2D eigenvalue weighted by Crippen LogP contribution is -2.15. The van der Waals surface area contributed by atoms with Crippen molar-refractivity contribution in [3.8, 4) is 0 Å². The highest BCUT2D eigenvalue weighted by Crippen LogP contribution is 2.28. The Bertz CT molecular complexity index is 798. The van der Waals surface area contributed by atoms with E-state index >= 15 is 0 Å². The van der Waals surface area contributed by atoms with Crippen molar-refractivity contribution in [2.75, 3.05) is 5.32 Å². The van der Waals surface area contributed by atoms with E-state index in [2.05, 4.69) is 25.5 Å². The fourth-order valence-electron chi connectivity index (χ4n) is 2.00. The number of rotatable bonds is 3. The molecule has 0 fully saturated rings. The van der Waals surface area contributed by atoms with Gasteiger partial charge >= 0.3 is 6.18 Å². The first-order chi connectivity index (χ1) is 10.4. The summed E-state index contributed by atoms with van der Waals surface area (Å²) in [4.78, 5) is 7.27. The van der Waals surface area contributed by atoms with E-state index in [9.17, 15) is 13.2 Å². The van der Waals surface area contributed by atoms with Gasteiger partial charge in [-0.05, 0) is 25.1 Å². The molecule has 0 aliphatic carbocycles. The summed E-state index contributed by atoms with van der Waals surface area (Å²) in [5.41, 5.74) is -0.348. The Morgan fingerprint density at radius 1 is 1.18 bits per heavy atom. The maximum atomic E-state index is 12.6. The summed E-state index contributed by atoms with van der Waals surface area (Å²) < 4.78 is 39.7. The van der Waals surface area contributed by atoms with Gasteiger partial charge in [-0.2, -0.15) is 13.2 Å². The molecule has 0 amide bonds. The molecule has 3 aromatic rings. The minimum absolute atomic E-state index is 0.116. The summed E-state index contributed by atoms with van der Waals surface area (Å²) in [6.07, 6.45) is -1.67. The molecule has 3 heterocycles. The zero-order valence-corrected chi connectivity index (χ0v) is 11.4. The van der Waals surface area contributed by atoms with E-state index in [1.807, 2.05) is 12.1 Å². The van der Waals surface area contributed by atoms with Gasteiger partial charge in [-0.1, -0.05) is 6.07 Å². The molecular weight excluding hydrogens is 297 g/mol. The normalized spacial score (nSPS) is 13.3. The predicted octanol–water partition coefficient (Wildman–Crippen LogP) is 2.71. The lowest BCUT2D eigenvalue weighted by Gasteiger charge is -2.13. The van der Waals surface area contributed by atoms with E-state index < -0.39 is 17.9 Å². The second-order valence-electron chi connectivity index (χ2n) is 4.62. The van der Waals surface area contributed by atoms with Gasteiger partial charge in [0, 0.05) is 12.4 Å². The number of pyridine rings is 1. The first-order valence-corrected chi connectivity index (χ1v) is 6.41. The second kappa shape index (κ2) is 5.24. The van der Waals surface area contributed by atoms with Crippen molar-refractivity contribution in [1.29, 1.82) is 0 Å². The van der Waals surface area contributed by atoms with Crippen LogP contribution in [0.15, 0.2) is 36.7 Å². The van der Waals surface area contributed by atoms with Gasteiger partial charge in [0.25, 0.3) is 0 Å². The van der Waals surface area contributed by atoms with Crippen molar-refractivity contribution >= 4 is 11.6 Å². The van der Waals surface area contributed by atoms with Gasteiger partial charge in [-0.3, -0.25) is 4.40 Å². The minimum Gasteiger partial charge on any atom is -0.344 e. The van der Waals surface area contributed by atoms with Crippen LogP contribution in [-0.2, 0) is 6.18 Å². The van der Waals surface area contributed by atoms with Crippen LogP contribution in [0.2, 0.25) is 0 Å². The van der Waals surface area contributed by atoms with Gasteiger partial charge in [0.1, 0.15) is 5.69 Å². The maximum absolute atomic E-state index is 12.6. The molecule has 1 atom stereocenters. The van der Waals surface area contributed by atoms with E-state index in [1.165, 1.54) is 0 Å². The number of hydrogen-bond acceptors (Lipinski definition) is 5. The number of nitrogens with zero attached hydrogens (tertiary/aromatic N) is 5. The number of alkyl halides is 3. The van der Waals surface area contributed by atoms with Crippen LogP contribution in [0.3, 0.4) is 0 Å². The molecule has 0 spiro atoms. The molecule has 0 bridgehead atoms. The average Bonchev–Trinajstić information content (AvgIpc) is 2.90. The Morgan fingerprint density at radius 2 is 2.00 bits per heavy atom. The first-order valence-electron chi connectivity index (χ1n) is 6.41. The van der Waals surface area contributed by atoms with Gasteiger partial charge in [0.15, 0.2) is 11.5 Å². The molecule has 0 radical (unpaired) electrons. The third-order valence-corrected chi connectivity index (χ3v) is 3.02. The fraction of sp³-hybridized carbons (Fsp3) is 0.231. The smallest absolute Gasteiger partial charge is 0.344 e. The number of anilines is 1. The number of fused-ring (bicyclic) bond motifs is 1. The Balaban J connectivity index is 1.87. The van der Waals surface area contributed by atoms with Crippen LogP contribution < -0.4 is 5.32 Å². The molecule has 0 saturated carbocycles. The van der Waals surface area contributed by atoms with Crippen molar-refractivity contribution in [2.24, 2.45) is 0 Å². The van der Waals surface area contributed by atoms with Crippen LogP contribution in [-0.4, -0.2) is 24.6 Å². The van der Waals surface area contributed by atoms with E-state index in [0.29, 0.717) is 11.5 Å². The highest BCUT2D eigenvalue weighted by molar-refractivity contribution is 5.39. The van der Waals surface area contributed by atoms with Crippen LogP contribution >= 0.6 is 0 Å². The van der Waals surface area contributed by atoms with E-state index in [4.69, 9.17) is 0 Å². The van der Waals surface area contributed by atoms with Gasteiger partial charge in [0.2, 0.25) is 5.95 Å². The zero-order valence-electron chi connectivity index (χ0n) is 11.4. The van der Waals surface area contributed by atoms with Gasteiger partial charge < -0.3 is 5.32 Å². The molecule has 0 aliphatic heterocycles. The van der Waals surface area contributed by atoms with Gasteiger partial charge in [-0.25, -0.2) is 9.97 Å². The predicted molar refractivity (Wildman–Crippen MR) is 72.1 cm³/mol. The first kappa shape index (κ1) is 14.2. The molecule has 1 N–H and O–H groups in total. The largest absolute Gasteiger partial charge is 0.433 e. The summed E-state index contributed by atoms with van der Waals surface area (Å²) in [6, 6.07) is 5.82. The summed E-state index contributed by atoms with van der Waals surface area (Å²) in [7, 11) is 0. The highest BCUT2D eigenvalue weighted by atomic mass is 19.4. The molecular formula is C13H11F3N6. The standard InChI is InChI=1S/C13H11F3N6/c1-8(11-21-20-10-4-2-3-7-22(10)11)18-12-17-6-5-9(19-12)13(14,15)16/h2-8H,1H3,(H,17,18,19)/t8-/m1/s1. The Hall–Kier alpha value is -2.71. The molecule has 0 aromatic carbocycles.